The Labute approximate surface area is 219 Å². The number of morpholine rings is 1. The highest BCUT2D eigenvalue weighted by atomic mass is 16.5. The summed E-state index contributed by atoms with van der Waals surface area (Å²) in [5.74, 6) is -5.85. The van der Waals surface area contributed by atoms with E-state index in [1.54, 1.807) is 0 Å². The molecule has 33 heavy (non-hydrogen) atoms. The lowest BCUT2D eigenvalue weighted by Crippen LogP contribution is -2.52. The van der Waals surface area contributed by atoms with Crippen LogP contribution in [0.2, 0.25) is 0 Å². The molecule has 2 fully saturated rings. The van der Waals surface area contributed by atoms with Crippen molar-refractivity contribution >= 4 is 17.7 Å². The van der Waals surface area contributed by atoms with E-state index in [0.717, 1.165) is 42.5 Å². The largest absolute Gasteiger partial charge is 0.489 e. The monoisotopic (exact) mass is 468 g/mol. The van der Waals surface area contributed by atoms with Crippen LogP contribution in [-0.2, 0) is 33.9 Å². The second-order valence-electron chi connectivity index (χ2n) is 6.57. The van der Waals surface area contributed by atoms with Gasteiger partial charge < -0.3 is 14.4 Å². The first-order valence-corrected chi connectivity index (χ1v) is 9.34. The summed E-state index contributed by atoms with van der Waals surface area (Å²) in [5, 5.41) is 1.46. The average molecular weight is 469 g/mol. The number of hydrogen-bond acceptors (Lipinski definition) is 6. The van der Waals surface area contributed by atoms with Crippen LogP contribution in [0.5, 0.6) is 5.75 Å². The SMILES string of the molecule is [2H]C([2H])(Oc1cccc2c1C([2H])([2H])N([C@]1([2H])C(=O)NC(=O)C([2H])([2H])C1([2H])[2H])C2=O)c1ccc(C([2H])([2H])N2C([2H])([2H])C([2H])([2H])OC([2H])([2H])C2([2H])[2H])cc1. The summed E-state index contributed by atoms with van der Waals surface area (Å²) >= 11 is 0. The number of carbonyl (C=O) groups is 3. The van der Waals surface area contributed by atoms with Crippen LogP contribution in [0.1, 0.15) is 65.8 Å². The molecule has 3 amide bonds. The fourth-order valence-electron chi connectivity index (χ4n) is 2.98. The molecule has 3 aliphatic rings. The maximum absolute atomic E-state index is 13.6. The normalized spacial score (nSPS) is 43.5. The second-order valence-corrected chi connectivity index (χ2v) is 6.57. The Morgan fingerprint density at radius 3 is 2.67 bits per heavy atom. The summed E-state index contributed by atoms with van der Waals surface area (Å²) in [7, 11) is 0. The van der Waals surface area contributed by atoms with Crippen molar-refractivity contribution in [2.75, 3.05) is 26.1 Å². The van der Waals surface area contributed by atoms with E-state index in [-0.39, 0.29) is 9.80 Å². The molecule has 8 nitrogen and oxygen atoms in total. The van der Waals surface area contributed by atoms with E-state index in [1.165, 1.54) is 5.32 Å². The number of amides is 3. The van der Waals surface area contributed by atoms with Crippen LogP contribution in [0.4, 0.5) is 0 Å². The van der Waals surface area contributed by atoms with Gasteiger partial charge in [-0.15, -0.1) is 0 Å². The van der Waals surface area contributed by atoms with Crippen molar-refractivity contribution in [2.45, 2.75) is 38.3 Å². The van der Waals surface area contributed by atoms with Crippen LogP contribution in [0.15, 0.2) is 42.5 Å². The number of imide groups is 1. The summed E-state index contributed by atoms with van der Waals surface area (Å²) < 4.78 is 167. The van der Waals surface area contributed by atoms with Gasteiger partial charge in [-0.2, -0.15) is 0 Å². The molecule has 0 bridgehead atoms. The molecule has 2 saturated heterocycles. The van der Waals surface area contributed by atoms with Crippen molar-refractivity contribution in [2.24, 2.45) is 0 Å². The summed E-state index contributed by atoms with van der Waals surface area (Å²) in [6, 6.07) is 2.78. The average Bonchev–Trinajstić information content (AvgIpc) is 3.19. The van der Waals surface area contributed by atoms with Gasteiger partial charge in [-0.3, -0.25) is 24.6 Å². The van der Waals surface area contributed by atoms with E-state index < -0.39 is 110 Å². The van der Waals surface area contributed by atoms with Gasteiger partial charge in [-0.05, 0) is 29.6 Å². The Kier molecular flexibility index (Phi) is 2.50. The van der Waals surface area contributed by atoms with E-state index in [9.17, 15) is 14.4 Å². The summed E-state index contributed by atoms with van der Waals surface area (Å²) in [6.45, 7) is -24.1. The van der Waals surface area contributed by atoms with Crippen molar-refractivity contribution in [1.29, 1.82) is 0 Å². The van der Waals surface area contributed by atoms with E-state index in [4.69, 9.17) is 30.8 Å². The number of rotatable bonds is 6. The fraction of sp³-hybridized carbons (Fsp3) is 0.400. The first-order valence-electron chi connectivity index (χ1n) is 18.8. The van der Waals surface area contributed by atoms with Gasteiger partial charge in [0, 0.05) is 50.7 Å². The maximum atomic E-state index is 13.6. The quantitative estimate of drug-likeness (QED) is 0.651. The molecule has 3 heterocycles. The van der Waals surface area contributed by atoms with Gasteiger partial charge in [0.2, 0.25) is 11.8 Å². The van der Waals surface area contributed by atoms with Crippen molar-refractivity contribution < 1.29 is 49.9 Å². The number of benzene rings is 2. The lowest BCUT2D eigenvalue weighted by Gasteiger charge is -2.29. The molecule has 0 saturated carbocycles. The molecule has 0 aromatic heterocycles. The zero-order chi connectivity index (χ0) is 39.8. The summed E-state index contributed by atoms with van der Waals surface area (Å²) in [5.41, 5.74) is -2.49. The third-order valence-electron chi connectivity index (χ3n) is 4.47. The molecule has 1 atom stereocenters. The Bertz CT molecular complexity index is 1840. The van der Waals surface area contributed by atoms with Crippen LogP contribution in [-0.4, -0.2) is 59.7 Å². The molecule has 3 aliphatic heterocycles. The highest BCUT2D eigenvalue weighted by Crippen LogP contribution is 2.34. The maximum Gasteiger partial charge on any atom is 0.255 e. The third-order valence-corrected chi connectivity index (χ3v) is 4.47. The molecule has 0 radical (unpaired) electrons. The van der Waals surface area contributed by atoms with E-state index >= 15 is 0 Å². The van der Waals surface area contributed by atoms with Gasteiger partial charge in [0.15, 0.2) is 0 Å². The van der Waals surface area contributed by atoms with Crippen LogP contribution in [0.3, 0.4) is 0 Å². The van der Waals surface area contributed by atoms with Gasteiger partial charge in [0.05, 0.1) is 32.0 Å². The van der Waals surface area contributed by atoms with Crippen LogP contribution in [0, 0.1) is 0 Å². The number of ether oxygens (including phenoxy) is 2. The number of nitrogens with zero attached hydrogens (tertiary/aromatic N) is 2. The van der Waals surface area contributed by atoms with Crippen molar-refractivity contribution in [3.05, 3.63) is 64.7 Å². The smallest absolute Gasteiger partial charge is 0.255 e. The zero-order valence-electron chi connectivity index (χ0n) is 35.5. The molecule has 0 spiro atoms. The van der Waals surface area contributed by atoms with E-state index in [1.807, 2.05) is 0 Å². The molecule has 0 unspecified atom stereocenters. The van der Waals surface area contributed by atoms with Crippen molar-refractivity contribution in [1.82, 2.24) is 15.1 Å². The van der Waals surface area contributed by atoms with Gasteiger partial charge in [-0.25, -0.2) is 0 Å². The summed E-state index contributed by atoms with van der Waals surface area (Å²) in [6.07, 6.45) is -7.45. The number of piperidine rings is 1. The molecular weight excluding hydrogens is 422 g/mol. The van der Waals surface area contributed by atoms with Gasteiger partial charge >= 0.3 is 0 Å². The first kappa shape index (κ1) is 8.85. The minimum Gasteiger partial charge on any atom is -0.489 e. The third kappa shape index (κ3) is 4.62. The van der Waals surface area contributed by atoms with Gasteiger partial charge in [-0.1, -0.05) is 30.3 Å². The standard InChI is InChI=1S/C25H27N3O5/c29-23-9-8-21(24(30)26-23)28-15-20-19(25(28)31)2-1-3-22(20)33-16-18-6-4-17(5-7-18)14-27-10-12-32-13-11-27/h1-7,21H,8-16H2,(H,26,29,30)/t21-/m0/s1/i8D2,9D2,10D2,11D2,12D2,13D2,14D2,15D2,16D2,21D. The second kappa shape index (κ2) is 9.33. The highest BCUT2D eigenvalue weighted by Gasteiger charge is 2.40. The Hall–Kier alpha value is -3.23. The molecule has 0 aliphatic carbocycles. The number of hydrogen-bond donors (Lipinski definition) is 1. The minimum absolute atomic E-state index is 0.211. The van der Waals surface area contributed by atoms with Gasteiger partial charge in [0.25, 0.3) is 5.91 Å². The zero-order valence-corrected chi connectivity index (χ0v) is 16.5. The molecule has 2 aromatic carbocycles. The van der Waals surface area contributed by atoms with Crippen LogP contribution >= 0.6 is 0 Å². The predicted octanol–water partition coefficient (Wildman–Crippen LogP) is 1.86. The van der Waals surface area contributed by atoms with Gasteiger partial charge in [0.1, 0.15) is 18.3 Å². The van der Waals surface area contributed by atoms with E-state index in [2.05, 4.69) is 4.74 Å². The number of nitrogens with one attached hydrogen (secondary N) is 1. The lowest BCUT2D eigenvalue weighted by molar-refractivity contribution is -0.136. The first-order chi connectivity index (χ1) is 23.2. The Morgan fingerprint density at radius 2 is 1.88 bits per heavy atom. The van der Waals surface area contributed by atoms with Crippen LogP contribution in [0.25, 0.3) is 0 Å². The molecule has 2 aromatic rings. The molecule has 5 rings (SSSR count). The highest BCUT2D eigenvalue weighted by molar-refractivity contribution is 6.05. The lowest BCUT2D eigenvalue weighted by atomic mass is 10.0. The van der Waals surface area contributed by atoms with Crippen molar-refractivity contribution in [3.8, 4) is 5.75 Å². The van der Waals surface area contributed by atoms with Crippen LogP contribution < -0.4 is 10.1 Å². The van der Waals surface area contributed by atoms with E-state index in [0.29, 0.717) is 0 Å². The Balaban J connectivity index is 1.51. The summed E-state index contributed by atoms with van der Waals surface area (Å²) in [4.78, 5) is 38.1. The Morgan fingerprint density at radius 1 is 1.12 bits per heavy atom. The topological polar surface area (TPSA) is 88.2 Å². The number of fused-ring (bicyclic) bond motifs is 1. The fourth-order valence-corrected chi connectivity index (χ4v) is 2.98. The predicted molar refractivity (Wildman–Crippen MR) is 119 cm³/mol. The van der Waals surface area contributed by atoms with Crippen molar-refractivity contribution in [3.63, 3.8) is 0 Å². The molecule has 1 N–H and O–H groups in total. The molecular formula is C25H27N3O5. The molecule has 8 heteroatoms. The number of carbonyl (C=O) groups excluding carboxylic acids is 3. The molecule has 172 valence electrons. The minimum atomic E-state index is -3.83.